The van der Waals surface area contributed by atoms with Gasteiger partial charge in [0.2, 0.25) is 0 Å². The largest absolute Gasteiger partial charge is 0.453 e. The highest BCUT2D eigenvalue weighted by atomic mass is 35.5. The highest BCUT2D eigenvalue weighted by molar-refractivity contribution is 6.22. The zero-order valence-corrected chi connectivity index (χ0v) is 12.0. The molecule has 5 heteroatoms. The van der Waals surface area contributed by atoms with Crippen LogP contribution in [0.3, 0.4) is 0 Å². The number of carbonyl (C=O) groups excluding carboxylic acids is 1. The number of likely N-dealkylation sites (N-methyl/N-ethyl adjacent to an activating group) is 1. The molecule has 0 aliphatic carbocycles. The molecule has 0 saturated carbocycles. The topological polar surface area (TPSA) is 53.3 Å². The van der Waals surface area contributed by atoms with Gasteiger partial charge < -0.3 is 9.64 Å². The average molecular weight is 281 g/mol. The fraction of sp³-hybridized carbons (Fsp3) is 0.429. The zero-order chi connectivity index (χ0) is 14.4. The number of halogens is 1. The Morgan fingerprint density at radius 2 is 2.00 bits per heavy atom. The lowest BCUT2D eigenvalue weighted by atomic mass is 9.89. The fourth-order valence-electron chi connectivity index (χ4n) is 2.00. The molecule has 3 atom stereocenters. The quantitative estimate of drug-likeness (QED) is 0.797. The number of rotatable bonds is 4. The lowest BCUT2D eigenvalue weighted by molar-refractivity contribution is 0.115. The van der Waals surface area contributed by atoms with Crippen molar-refractivity contribution in [2.45, 2.75) is 24.3 Å². The van der Waals surface area contributed by atoms with Gasteiger partial charge in [-0.3, -0.25) is 0 Å². The normalized spacial score (nSPS) is 14.9. The molecule has 0 N–H and O–H groups in total. The van der Waals surface area contributed by atoms with Crippen LogP contribution in [-0.4, -0.2) is 36.6 Å². The summed E-state index contributed by atoms with van der Waals surface area (Å²) in [6, 6.07) is 11.3. The van der Waals surface area contributed by atoms with E-state index >= 15 is 0 Å². The molecule has 0 saturated heterocycles. The van der Waals surface area contributed by atoms with Gasteiger partial charge >= 0.3 is 6.09 Å². The van der Waals surface area contributed by atoms with Crippen molar-refractivity contribution in [3.63, 3.8) is 0 Å². The minimum atomic E-state index is -0.718. The van der Waals surface area contributed by atoms with Crippen molar-refractivity contribution in [3.8, 4) is 6.07 Å². The van der Waals surface area contributed by atoms with Crippen molar-refractivity contribution in [1.29, 1.82) is 5.26 Å². The van der Waals surface area contributed by atoms with Gasteiger partial charge in [0.15, 0.2) is 0 Å². The van der Waals surface area contributed by atoms with Crippen LogP contribution in [0.4, 0.5) is 4.79 Å². The van der Waals surface area contributed by atoms with Crippen LogP contribution >= 0.6 is 11.6 Å². The maximum absolute atomic E-state index is 11.6. The molecule has 102 valence electrons. The lowest BCUT2D eigenvalue weighted by Crippen LogP contribution is -2.41. The molecule has 0 spiro atoms. The number of nitriles is 1. The van der Waals surface area contributed by atoms with Crippen LogP contribution in [0.1, 0.15) is 18.4 Å². The third-order valence-corrected chi connectivity index (χ3v) is 3.59. The molecule has 0 bridgehead atoms. The Bertz CT molecular complexity index is 458. The number of carbonyl (C=O) groups is 1. The second kappa shape index (κ2) is 7.01. The highest BCUT2D eigenvalue weighted by Gasteiger charge is 2.31. The standard InChI is InChI=1S/C14H17ClN2O2/c1-10(17(2)14(18)19-3)13(12(15)9-16)11-7-5-4-6-8-11/h4-8,10,12-13H,1-3H3/t10-,12+,13+/m0/s1. The van der Waals surface area contributed by atoms with E-state index in [1.807, 2.05) is 43.3 Å². The van der Waals surface area contributed by atoms with E-state index in [1.165, 1.54) is 12.0 Å². The number of ether oxygens (including phenoxy) is 1. The average Bonchev–Trinajstić information content (AvgIpc) is 2.46. The zero-order valence-electron chi connectivity index (χ0n) is 11.2. The Kier molecular flexibility index (Phi) is 5.65. The van der Waals surface area contributed by atoms with Gasteiger partial charge in [-0.25, -0.2) is 4.79 Å². The molecule has 0 heterocycles. The molecule has 1 aromatic carbocycles. The molecule has 4 nitrogen and oxygen atoms in total. The van der Waals surface area contributed by atoms with Crippen LogP contribution in [0.5, 0.6) is 0 Å². The molecule has 0 fully saturated rings. The first-order valence-electron chi connectivity index (χ1n) is 5.92. The van der Waals surface area contributed by atoms with Gasteiger partial charge in [-0.05, 0) is 12.5 Å². The summed E-state index contributed by atoms with van der Waals surface area (Å²) in [5.74, 6) is -0.281. The third kappa shape index (κ3) is 3.62. The number of benzene rings is 1. The van der Waals surface area contributed by atoms with E-state index < -0.39 is 11.5 Å². The molecule has 19 heavy (non-hydrogen) atoms. The molecule has 0 unspecified atom stereocenters. The van der Waals surface area contributed by atoms with Crippen LogP contribution in [0.2, 0.25) is 0 Å². The molecule has 1 amide bonds. The van der Waals surface area contributed by atoms with Crippen LogP contribution in [0, 0.1) is 11.3 Å². The van der Waals surface area contributed by atoms with Crippen molar-refractivity contribution in [1.82, 2.24) is 4.90 Å². The minimum Gasteiger partial charge on any atom is -0.453 e. The number of hydrogen-bond acceptors (Lipinski definition) is 3. The summed E-state index contributed by atoms with van der Waals surface area (Å²) in [6.07, 6.45) is -0.449. The minimum absolute atomic E-state index is 0.253. The molecular weight excluding hydrogens is 264 g/mol. The predicted octanol–water partition coefficient (Wildman–Crippen LogP) is 2.99. The number of methoxy groups -OCH3 is 1. The second-order valence-electron chi connectivity index (χ2n) is 4.29. The molecule has 0 aliphatic rings. The Labute approximate surface area is 118 Å². The summed E-state index contributed by atoms with van der Waals surface area (Å²) < 4.78 is 4.69. The smallest absolute Gasteiger partial charge is 0.409 e. The number of hydrogen-bond donors (Lipinski definition) is 0. The van der Waals surface area contributed by atoms with Gasteiger partial charge in [0, 0.05) is 19.0 Å². The van der Waals surface area contributed by atoms with Crippen molar-refractivity contribution in [2.24, 2.45) is 0 Å². The van der Waals surface area contributed by atoms with Gasteiger partial charge in [-0.15, -0.1) is 11.6 Å². The van der Waals surface area contributed by atoms with Gasteiger partial charge in [0.05, 0.1) is 13.2 Å². The molecule has 0 radical (unpaired) electrons. The van der Waals surface area contributed by atoms with Gasteiger partial charge in [-0.1, -0.05) is 30.3 Å². The van der Waals surface area contributed by atoms with Crippen molar-refractivity contribution < 1.29 is 9.53 Å². The Hall–Kier alpha value is -1.73. The maximum atomic E-state index is 11.6. The van der Waals surface area contributed by atoms with E-state index in [4.69, 9.17) is 21.6 Å². The SMILES string of the molecule is COC(=O)N(C)[C@@H](C)[C@H](c1ccccc1)[C@H](Cl)C#N. The Morgan fingerprint density at radius 1 is 1.42 bits per heavy atom. The summed E-state index contributed by atoms with van der Waals surface area (Å²) in [6.45, 7) is 1.85. The maximum Gasteiger partial charge on any atom is 0.409 e. The van der Waals surface area contributed by atoms with Crippen LogP contribution in [0.15, 0.2) is 30.3 Å². The van der Waals surface area contributed by atoms with E-state index in [0.29, 0.717) is 0 Å². The van der Waals surface area contributed by atoms with E-state index in [0.717, 1.165) is 5.56 Å². The van der Waals surface area contributed by atoms with E-state index in [1.54, 1.807) is 7.05 Å². The first-order chi connectivity index (χ1) is 9.02. The highest BCUT2D eigenvalue weighted by Crippen LogP contribution is 2.29. The lowest BCUT2D eigenvalue weighted by Gasteiger charge is -2.32. The van der Waals surface area contributed by atoms with E-state index in [-0.39, 0.29) is 12.0 Å². The van der Waals surface area contributed by atoms with Crippen molar-refractivity contribution in [3.05, 3.63) is 35.9 Å². The van der Waals surface area contributed by atoms with Gasteiger partial charge in [-0.2, -0.15) is 5.26 Å². The Morgan fingerprint density at radius 3 is 2.47 bits per heavy atom. The number of alkyl halides is 1. The second-order valence-corrected chi connectivity index (χ2v) is 4.76. The summed E-state index contributed by atoms with van der Waals surface area (Å²) in [5.41, 5.74) is 0.923. The number of amides is 1. The van der Waals surface area contributed by atoms with Crippen molar-refractivity contribution >= 4 is 17.7 Å². The summed E-state index contributed by atoms with van der Waals surface area (Å²) in [4.78, 5) is 13.0. The summed E-state index contributed by atoms with van der Waals surface area (Å²) in [7, 11) is 2.96. The summed E-state index contributed by atoms with van der Waals surface area (Å²) >= 11 is 6.11. The van der Waals surface area contributed by atoms with Crippen LogP contribution in [0.25, 0.3) is 0 Å². The molecule has 0 aromatic heterocycles. The van der Waals surface area contributed by atoms with Gasteiger partial charge in [0.1, 0.15) is 5.38 Å². The van der Waals surface area contributed by atoms with Gasteiger partial charge in [0.25, 0.3) is 0 Å². The Balaban J connectivity index is 3.05. The predicted molar refractivity (Wildman–Crippen MR) is 74.1 cm³/mol. The molecule has 1 aromatic rings. The summed E-state index contributed by atoms with van der Waals surface area (Å²) in [5, 5.41) is 8.36. The van der Waals surface area contributed by atoms with Crippen LogP contribution < -0.4 is 0 Å². The van der Waals surface area contributed by atoms with E-state index in [9.17, 15) is 4.79 Å². The van der Waals surface area contributed by atoms with E-state index in [2.05, 4.69) is 0 Å². The first kappa shape index (κ1) is 15.3. The fourth-order valence-corrected chi connectivity index (χ4v) is 2.35. The van der Waals surface area contributed by atoms with Crippen LogP contribution in [-0.2, 0) is 4.74 Å². The monoisotopic (exact) mass is 280 g/mol. The molecular formula is C14H17ClN2O2. The van der Waals surface area contributed by atoms with Crippen molar-refractivity contribution in [2.75, 3.05) is 14.2 Å². The first-order valence-corrected chi connectivity index (χ1v) is 6.36. The third-order valence-electron chi connectivity index (χ3n) is 3.22. The molecule has 1 rings (SSSR count). The molecule has 0 aliphatic heterocycles. The number of nitrogens with zero attached hydrogens (tertiary/aromatic N) is 2.